The van der Waals surface area contributed by atoms with Gasteiger partial charge in [0.1, 0.15) is 22.1 Å². The van der Waals surface area contributed by atoms with Crippen LogP contribution in [0.2, 0.25) is 0 Å². The molecule has 30 heavy (non-hydrogen) atoms. The molecule has 164 valence electrons. The minimum atomic E-state index is -1.12. The molecular weight excluding hydrogens is 430 g/mol. The summed E-state index contributed by atoms with van der Waals surface area (Å²) in [4.78, 5) is 36.8. The molecule has 4 N–H and O–H groups in total. The fraction of sp³-hybridized carbons (Fsp3) is 0.611. The van der Waals surface area contributed by atoms with Gasteiger partial charge < -0.3 is 15.6 Å². The number of fused-ring (bicyclic) bond motifs is 1. The maximum absolute atomic E-state index is 12.0. The Morgan fingerprint density at radius 2 is 2.27 bits per heavy atom. The van der Waals surface area contributed by atoms with E-state index < -0.39 is 12.0 Å². The number of rotatable bonds is 10. The Kier molecular flexibility index (Phi) is 7.42. The van der Waals surface area contributed by atoms with Crippen molar-refractivity contribution in [2.75, 3.05) is 18.1 Å². The first kappa shape index (κ1) is 22.6. The van der Waals surface area contributed by atoms with Gasteiger partial charge in [-0.1, -0.05) is 12.1 Å². The Morgan fingerprint density at radius 1 is 1.50 bits per heavy atom. The van der Waals surface area contributed by atoms with Crippen molar-refractivity contribution in [3.63, 3.8) is 0 Å². The van der Waals surface area contributed by atoms with Gasteiger partial charge in [-0.05, 0) is 31.8 Å². The van der Waals surface area contributed by atoms with E-state index in [-0.39, 0.29) is 28.9 Å². The van der Waals surface area contributed by atoms with Crippen LogP contribution < -0.4 is 5.73 Å². The lowest BCUT2D eigenvalue weighted by atomic mass is 10.0. The number of ether oxygens (including phenoxy) is 1. The van der Waals surface area contributed by atoms with Gasteiger partial charge in [-0.2, -0.15) is 0 Å². The van der Waals surface area contributed by atoms with Crippen LogP contribution in [0.25, 0.3) is 0 Å². The number of carboxylic acid groups (broad SMARTS) is 1. The van der Waals surface area contributed by atoms with E-state index in [2.05, 4.69) is 15.4 Å². The standard InChI is InChI=1S/C18H25N5O5S2/c1-3-28-18(27)9(2)5-4-6-11-14(21-22-20-11)29-7-10-8-30-16-12(19)15(24)23(16)13(10)17(25)26/h9,12,16H,3-8,19H2,1-2H3,(H,25,26)(H,20,21,22)/t9?,12?,16-/m0/s1. The van der Waals surface area contributed by atoms with Crippen LogP contribution in [0.3, 0.4) is 0 Å². The van der Waals surface area contributed by atoms with Crippen LogP contribution in [-0.2, 0) is 25.5 Å². The Bertz CT molecular complexity index is 858. The number of carbonyl (C=O) groups is 3. The molecule has 1 aromatic rings. The topological polar surface area (TPSA) is 152 Å². The molecule has 1 amide bonds. The molecule has 1 fully saturated rings. The Hall–Kier alpha value is -2.05. The molecule has 0 radical (unpaired) electrons. The number of carbonyl (C=O) groups excluding carboxylic acids is 2. The molecule has 3 rings (SSSR count). The minimum Gasteiger partial charge on any atom is -0.477 e. The fourth-order valence-electron chi connectivity index (χ4n) is 3.35. The monoisotopic (exact) mass is 455 g/mol. The second-order valence-corrected chi connectivity index (χ2v) is 9.21. The molecule has 2 aliphatic rings. The van der Waals surface area contributed by atoms with Gasteiger partial charge in [0.15, 0.2) is 0 Å². The zero-order valence-corrected chi connectivity index (χ0v) is 18.4. The summed E-state index contributed by atoms with van der Waals surface area (Å²) in [5.74, 6) is -0.947. The van der Waals surface area contributed by atoms with Gasteiger partial charge in [-0.15, -0.1) is 28.6 Å². The number of hydrogen-bond donors (Lipinski definition) is 3. The van der Waals surface area contributed by atoms with Crippen molar-refractivity contribution in [3.05, 3.63) is 17.0 Å². The molecule has 0 aliphatic carbocycles. The number of hydrogen-bond acceptors (Lipinski definition) is 9. The second kappa shape index (κ2) is 9.84. The molecular formula is C18H25N5O5S2. The summed E-state index contributed by atoms with van der Waals surface area (Å²) in [6, 6.07) is -0.640. The van der Waals surface area contributed by atoms with E-state index in [1.165, 1.54) is 28.4 Å². The average Bonchev–Trinajstić information content (AvgIpc) is 3.18. The summed E-state index contributed by atoms with van der Waals surface area (Å²) in [7, 11) is 0. The van der Waals surface area contributed by atoms with Crippen LogP contribution in [0, 0.1) is 5.92 Å². The quantitative estimate of drug-likeness (QED) is 0.265. The SMILES string of the molecule is CCOC(=O)C(C)CCCc1nn[nH]c1SCC1=C(C(=O)O)N2C(=O)C(N)[C@@H]2SC1. The number of aromatic amines is 1. The van der Waals surface area contributed by atoms with Gasteiger partial charge in [0.05, 0.1) is 18.2 Å². The molecule has 3 heterocycles. The van der Waals surface area contributed by atoms with Gasteiger partial charge in [-0.3, -0.25) is 19.6 Å². The first-order chi connectivity index (χ1) is 14.3. The van der Waals surface area contributed by atoms with E-state index in [4.69, 9.17) is 10.5 Å². The van der Waals surface area contributed by atoms with Gasteiger partial charge in [0, 0.05) is 11.5 Å². The minimum absolute atomic E-state index is 0.0373. The van der Waals surface area contributed by atoms with Crippen molar-refractivity contribution in [1.82, 2.24) is 20.3 Å². The van der Waals surface area contributed by atoms with Crippen LogP contribution in [0.1, 0.15) is 32.4 Å². The number of carboxylic acids is 1. The fourth-order valence-corrected chi connectivity index (χ4v) is 5.74. The number of nitrogens with two attached hydrogens (primary N) is 1. The lowest BCUT2D eigenvalue weighted by Crippen LogP contribution is -2.68. The maximum atomic E-state index is 12.0. The van der Waals surface area contributed by atoms with Crippen molar-refractivity contribution in [3.8, 4) is 0 Å². The Balaban J connectivity index is 1.59. The molecule has 0 saturated carbocycles. The highest BCUT2D eigenvalue weighted by Gasteiger charge is 2.51. The second-order valence-electron chi connectivity index (χ2n) is 7.11. The first-order valence-corrected chi connectivity index (χ1v) is 11.7. The predicted octanol–water partition coefficient (Wildman–Crippen LogP) is 1.000. The zero-order chi connectivity index (χ0) is 21.8. The van der Waals surface area contributed by atoms with Crippen LogP contribution in [0.5, 0.6) is 0 Å². The largest absolute Gasteiger partial charge is 0.477 e. The van der Waals surface area contributed by atoms with Crippen LogP contribution in [-0.4, -0.2) is 72.8 Å². The number of aryl methyl sites for hydroxylation is 1. The van der Waals surface area contributed by atoms with Crippen LogP contribution >= 0.6 is 23.5 Å². The van der Waals surface area contributed by atoms with E-state index in [9.17, 15) is 19.5 Å². The Labute approximate surface area is 182 Å². The van der Waals surface area contributed by atoms with Gasteiger partial charge >= 0.3 is 11.9 Å². The lowest BCUT2D eigenvalue weighted by Gasteiger charge is -2.48. The summed E-state index contributed by atoms with van der Waals surface area (Å²) < 4.78 is 5.02. The van der Waals surface area contributed by atoms with E-state index in [0.717, 1.165) is 17.1 Å². The molecule has 1 saturated heterocycles. The average molecular weight is 456 g/mol. The van der Waals surface area contributed by atoms with Crippen LogP contribution in [0.15, 0.2) is 16.3 Å². The van der Waals surface area contributed by atoms with E-state index in [0.29, 0.717) is 36.5 Å². The summed E-state index contributed by atoms with van der Waals surface area (Å²) in [6.45, 7) is 3.99. The number of nitrogens with one attached hydrogen (secondary N) is 1. The highest BCUT2D eigenvalue weighted by molar-refractivity contribution is 8.01. The van der Waals surface area contributed by atoms with Gasteiger partial charge in [0.25, 0.3) is 0 Å². The lowest BCUT2D eigenvalue weighted by molar-refractivity contribution is -0.148. The van der Waals surface area contributed by atoms with E-state index in [1.54, 1.807) is 6.92 Å². The molecule has 12 heteroatoms. The molecule has 10 nitrogen and oxygen atoms in total. The van der Waals surface area contributed by atoms with Crippen molar-refractivity contribution in [1.29, 1.82) is 0 Å². The summed E-state index contributed by atoms with van der Waals surface area (Å²) in [5.41, 5.74) is 7.26. The number of nitrogens with zero attached hydrogens (tertiary/aromatic N) is 3. The number of H-pyrrole nitrogens is 1. The third-order valence-corrected chi connectivity index (χ3v) is 7.47. The molecule has 0 aromatic carbocycles. The Morgan fingerprint density at radius 3 is 2.97 bits per heavy atom. The first-order valence-electron chi connectivity index (χ1n) is 9.70. The molecule has 0 spiro atoms. The molecule has 1 aromatic heterocycles. The number of esters is 1. The third-order valence-electron chi connectivity index (χ3n) is 5.01. The summed E-state index contributed by atoms with van der Waals surface area (Å²) >= 11 is 2.89. The van der Waals surface area contributed by atoms with Crippen molar-refractivity contribution in [2.24, 2.45) is 11.7 Å². The highest BCUT2D eigenvalue weighted by Crippen LogP contribution is 2.40. The van der Waals surface area contributed by atoms with Crippen molar-refractivity contribution in [2.45, 2.75) is 49.6 Å². The number of amides is 1. The zero-order valence-electron chi connectivity index (χ0n) is 16.8. The van der Waals surface area contributed by atoms with Gasteiger partial charge in [0.2, 0.25) is 5.91 Å². The van der Waals surface area contributed by atoms with Crippen molar-refractivity contribution < 1.29 is 24.2 Å². The third kappa shape index (κ3) is 4.65. The molecule has 0 bridgehead atoms. The normalized spacial score (nSPS) is 21.8. The molecule has 2 aliphatic heterocycles. The summed E-state index contributed by atoms with van der Waals surface area (Å²) in [5, 5.41) is 20.9. The number of thioether (sulfide) groups is 2. The highest BCUT2D eigenvalue weighted by atomic mass is 32.2. The van der Waals surface area contributed by atoms with Crippen LogP contribution in [0.4, 0.5) is 0 Å². The van der Waals surface area contributed by atoms with E-state index in [1.807, 2.05) is 6.92 Å². The maximum Gasteiger partial charge on any atom is 0.352 e. The summed E-state index contributed by atoms with van der Waals surface area (Å²) in [6.07, 6.45) is 2.07. The molecule has 2 unspecified atom stereocenters. The van der Waals surface area contributed by atoms with Gasteiger partial charge in [-0.25, -0.2) is 4.79 Å². The van der Waals surface area contributed by atoms with Crippen molar-refractivity contribution >= 4 is 41.4 Å². The van der Waals surface area contributed by atoms with E-state index >= 15 is 0 Å². The predicted molar refractivity (Wildman–Crippen MR) is 112 cm³/mol. The molecule has 3 atom stereocenters. The smallest absolute Gasteiger partial charge is 0.352 e. The number of aliphatic carboxylic acids is 1. The number of aromatic nitrogens is 3. The number of β-lactam (4-membered cyclic amide) rings is 1.